The Morgan fingerprint density at radius 1 is 1.44 bits per heavy atom. The molecular formula is C12H12N4O2. The van der Waals surface area contributed by atoms with Crippen LogP contribution in [0.25, 0.3) is 0 Å². The number of carbonyl (C=O) groups is 1. The number of hydrogen-bond acceptors (Lipinski definition) is 5. The van der Waals surface area contributed by atoms with Gasteiger partial charge in [0.1, 0.15) is 11.3 Å². The molecule has 18 heavy (non-hydrogen) atoms. The average Bonchev–Trinajstić information content (AvgIpc) is 3.14. The van der Waals surface area contributed by atoms with Crippen molar-refractivity contribution in [2.45, 2.75) is 25.7 Å². The predicted octanol–water partition coefficient (Wildman–Crippen LogP) is 1.90. The molecule has 0 unspecified atom stereocenters. The molecule has 92 valence electrons. The van der Waals surface area contributed by atoms with E-state index in [1.165, 1.54) is 12.4 Å². The number of hydrogen-bond donors (Lipinski definition) is 1. The lowest BCUT2D eigenvalue weighted by atomic mass is 10.1. The Balaban J connectivity index is 1.86. The van der Waals surface area contributed by atoms with Gasteiger partial charge in [-0.2, -0.15) is 10.2 Å². The summed E-state index contributed by atoms with van der Waals surface area (Å²) in [6.45, 7) is 1.75. The first-order chi connectivity index (χ1) is 8.75. The standard InChI is InChI=1S/C12H12N4O2/c1-7-10(11(16-18-7)8-2-3-8)12(17)15-9-4-5-13-14-6-9/h4-6,8H,2-3H2,1H3,(H,13,15,17). The minimum atomic E-state index is -0.205. The second kappa shape index (κ2) is 4.21. The Morgan fingerprint density at radius 3 is 2.94 bits per heavy atom. The molecule has 0 saturated heterocycles. The normalized spacial score (nSPS) is 14.5. The molecule has 0 atom stereocenters. The van der Waals surface area contributed by atoms with Crippen molar-refractivity contribution in [3.05, 3.63) is 35.5 Å². The molecule has 1 saturated carbocycles. The van der Waals surface area contributed by atoms with Crippen LogP contribution in [0.1, 0.15) is 40.6 Å². The number of anilines is 1. The van der Waals surface area contributed by atoms with Crippen LogP contribution in [0.4, 0.5) is 5.69 Å². The quantitative estimate of drug-likeness (QED) is 0.891. The van der Waals surface area contributed by atoms with Gasteiger partial charge in [-0.1, -0.05) is 5.16 Å². The molecule has 2 aromatic rings. The number of aromatic nitrogens is 3. The van der Waals surface area contributed by atoms with Crippen molar-refractivity contribution in [2.24, 2.45) is 0 Å². The highest BCUT2D eigenvalue weighted by Crippen LogP contribution is 2.41. The van der Waals surface area contributed by atoms with E-state index in [0.717, 1.165) is 18.5 Å². The summed E-state index contributed by atoms with van der Waals surface area (Å²) in [5, 5.41) is 14.1. The third-order valence-corrected chi connectivity index (χ3v) is 2.92. The number of nitrogens with one attached hydrogen (secondary N) is 1. The van der Waals surface area contributed by atoms with Crippen molar-refractivity contribution in [3.63, 3.8) is 0 Å². The highest BCUT2D eigenvalue weighted by Gasteiger charge is 2.33. The molecule has 0 spiro atoms. The fourth-order valence-corrected chi connectivity index (χ4v) is 1.86. The van der Waals surface area contributed by atoms with Gasteiger partial charge in [0.05, 0.1) is 23.8 Å². The lowest BCUT2D eigenvalue weighted by Crippen LogP contribution is -2.14. The molecule has 1 fully saturated rings. The van der Waals surface area contributed by atoms with Gasteiger partial charge in [0.15, 0.2) is 0 Å². The van der Waals surface area contributed by atoms with Crippen molar-refractivity contribution in [1.82, 2.24) is 15.4 Å². The van der Waals surface area contributed by atoms with Crippen LogP contribution in [-0.2, 0) is 0 Å². The molecule has 0 aliphatic heterocycles. The SMILES string of the molecule is Cc1onc(C2CC2)c1C(=O)Nc1ccnnc1. The van der Waals surface area contributed by atoms with Gasteiger partial charge in [0.2, 0.25) is 0 Å². The Kier molecular flexibility index (Phi) is 2.55. The van der Waals surface area contributed by atoms with Gasteiger partial charge < -0.3 is 9.84 Å². The number of carbonyl (C=O) groups excluding carboxylic acids is 1. The zero-order chi connectivity index (χ0) is 12.5. The molecule has 3 rings (SSSR count). The van der Waals surface area contributed by atoms with Crippen molar-refractivity contribution >= 4 is 11.6 Å². The number of rotatable bonds is 3. The molecule has 2 heterocycles. The van der Waals surface area contributed by atoms with E-state index in [1.54, 1.807) is 13.0 Å². The van der Waals surface area contributed by atoms with E-state index in [-0.39, 0.29) is 5.91 Å². The maximum atomic E-state index is 12.2. The molecule has 6 nitrogen and oxygen atoms in total. The van der Waals surface area contributed by atoms with Gasteiger partial charge in [0, 0.05) is 5.92 Å². The largest absolute Gasteiger partial charge is 0.361 e. The van der Waals surface area contributed by atoms with Crippen LogP contribution in [0.5, 0.6) is 0 Å². The Morgan fingerprint density at radius 2 is 2.28 bits per heavy atom. The Labute approximate surface area is 103 Å². The van der Waals surface area contributed by atoms with Gasteiger partial charge in [-0.25, -0.2) is 0 Å². The topological polar surface area (TPSA) is 80.9 Å². The first kappa shape index (κ1) is 10.9. The first-order valence-corrected chi connectivity index (χ1v) is 5.80. The third-order valence-electron chi connectivity index (χ3n) is 2.92. The van der Waals surface area contributed by atoms with E-state index >= 15 is 0 Å². The van der Waals surface area contributed by atoms with Crippen LogP contribution in [0, 0.1) is 6.92 Å². The van der Waals surface area contributed by atoms with Crippen molar-refractivity contribution < 1.29 is 9.32 Å². The summed E-state index contributed by atoms with van der Waals surface area (Å²) < 4.78 is 5.12. The van der Waals surface area contributed by atoms with E-state index in [4.69, 9.17) is 4.52 Å². The van der Waals surface area contributed by atoms with E-state index in [9.17, 15) is 4.79 Å². The summed E-state index contributed by atoms with van der Waals surface area (Å²) in [5.74, 6) is 0.721. The van der Waals surface area contributed by atoms with E-state index in [0.29, 0.717) is 22.9 Å². The maximum absolute atomic E-state index is 12.2. The predicted molar refractivity (Wildman–Crippen MR) is 63.2 cm³/mol. The van der Waals surface area contributed by atoms with Gasteiger partial charge in [-0.05, 0) is 25.8 Å². The number of amides is 1. The summed E-state index contributed by atoms with van der Waals surface area (Å²) in [4.78, 5) is 12.2. The minimum absolute atomic E-state index is 0.205. The summed E-state index contributed by atoms with van der Waals surface area (Å²) >= 11 is 0. The lowest BCUT2D eigenvalue weighted by molar-refractivity contribution is 0.102. The summed E-state index contributed by atoms with van der Waals surface area (Å²) in [5.41, 5.74) is 1.93. The molecule has 0 bridgehead atoms. The monoisotopic (exact) mass is 244 g/mol. The Hall–Kier alpha value is -2.24. The number of aryl methyl sites for hydroxylation is 1. The maximum Gasteiger partial charge on any atom is 0.261 e. The average molecular weight is 244 g/mol. The highest BCUT2D eigenvalue weighted by atomic mass is 16.5. The van der Waals surface area contributed by atoms with Crippen molar-refractivity contribution in [2.75, 3.05) is 5.32 Å². The third kappa shape index (κ3) is 1.97. The number of nitrogens with zero attached hydrogens (tertiary/aromatic N) is 3. The molecule has 2 aromatic heterocycles. The molecule has 6 heteroatoms. The molecule has 1 aliphatic carbocycles. The molecule has 0 radical (unpaired) electrons. The van der Waals surface area contributed by atoms with E-state index in [1.807, 2.05) is 0 Å². The van der Waals surface area contributed by atoms with Crippen molar-refractivity contribution in [3.8, 4) is 0 Å². The highest BCUT2D eigenvalue weighted by molar-refractivity contribution is 6.05. The van der Waals surface area contributed by atoms with E-state index < -0.39 is 0 Å². The molecule has 1 N–H and O–H groups in total. The molecular weight excluding hydrogens is 232 g/mol. The van der Waals surface area contributed by atoms with Crippen LogP contribution < -0.4 is 5.32 Å². The van der Waals surface area contributed by atoms with Gasteiger partial charge in [0.25, 0.3) is 5.91 Å². The molecule has 1 aliphatic rings. The second-order valence-electron chi connectivity index (χ2n) is 4.36. The van der Waals surface area contributed by atoms with Crippen LogP contribution in [0.2, 0.25) is 0 Å². The molecule has 0 aromatic carbocycles. The zero-order valence-electron chi connectivity index (χ0n) is 9.88. The van der Waals surface area contributed by atoms with Gasteiger partial charge in [-0.3, -0.25) is 4.79 Å². The minimum Gasteiger partial charge on any atom is -0.361 e. The smallest absolute Gasteiger partial charge is 0.261 e. The van der Waals surface area contributed by atoms with E-state index in [2.05, 4.69) is 20.7 Å². The van der Waals surface area contributed by atoms with Crippen LogP contribution in [0.3, 0.4) is 0 Å². The van der Waals surface area contributed by atoms with Crippen LogP contribution in [0.15, 0.2) is 23.0 Å². The fraction of sp³-hybridized carbons (Fsp3) is 0.333. The summed E-state index contributed by atoms with van der Waals surface area (Å²) in [7, 11) is 0. The first-order valence-electron chi connectivity index (χ1n) is 5.80. The fourth-order valence-electron chi connectivity index (χ4n) is 1.86. The summed E-state index contributed by atoms with van der Waals surface area (Å²) in [6, 6.07) is 1.69. The van der Waals surface area contributed by atoms with Crippen LogP contribution in [-0.4, -0.2) is 21.3 Å². The summed E-state index contributed by atoms with van der Waals surface area (Å²) in [6.07, 6.45) is 5.17. The van der Waals surface area contributed by atoms with Gasteiger partial charge in [-0.15, -0.1) is 0 Å². The Bertz CT molecular complexity index is 575. The van der Waals surface area contributed by atoms with Gasteiger partial charge >= 0.3 is 0 Å². The lowest BCUT2D eigenvalue weighted by Gasteiger charge is -2.03. The zero-order valence-corrected chi connectivity index (χ0v) is 9.88. The second-order valence-corrected chi connectivity index (χ2v) is 4.36. The molecule has 1 amide bonds. The van der Waals surface area contributed by atoms with Crippen LogP contribution >= 0.6 is 0 Å². The van der Waals surface area contributed by atoms with Crippen molar-refractivity contribution in [1.29, 1.82) is 0 Å².